The molecule has 0 radical (unpaired) electrons. The Morgan fingerprint density at radius 3 is 2.53 bits per heavy atom. The van der Waals surface area contributed by atoms with E-state index in [1.54, 1.807) is 12.1 Å². The van der Waals surface area contributed by atoms with Gasteiger partial charge in [0.1, 0.15) is 5.82 Å². The van der Waals surface area contributed by atoms with Crippen molar-refractivity contribution < 1.29 is 19.0 Å². The number of carbonyl (C=O) groups is 1. The fourth-order valence-corrected chi connectivity index (χ4v) is 4.38. The number of hydrogen-bond donors (Lipinski definition) is 2. The van der Waals surface area contributed by atoms with Gasteiger partial charge in [0.15, 0.2) is 11.9 Å². The lowest BCUT2D eigenvalue weighted by Gasteiger charge is -2.20. The summed E-state index contributed by atoms with van der Waals surface area (Å²) in [4.78, 5) is 42.2. The molecule has 0 aliphatic rings. The number of aryl methyl sites for hydroxylation is 1. The van der Waals surface area contributed by atoms with E-state index in [0.29, 0.717) is 22.1 Å². The number of nitrogens with zero attached hydrogens (tertiary/aromatic N) is 4. The number of aromatic nitrogens is 4. The Morgan fingerprint density at radius 1 is 1.21 bits per heavy atom. The summed E-state index contributed by atoms with van der Waals surface area (Å²) in [5.41, 5.74) is 5.59. The molecule has 0 bridgehead atoms. The molecule has 3 heterocycles. The third kappa shape index (κ3) is 4.61. The Morgan fingerprint density at radius 2 is 1.92 bits per heavy atom. The molecule has 1 aromatic carbocycles. The number of carbonyl (C=O) groups excluding carboxylic acids is 1. The summed E-state index contributed by atoms with van der Waals surface area (Å²) in [7, 11) is 2.75. The first-order valence-corrected chi connectivity index (χ1v) is 11.7. The van der Waals surface area contributed by atoms with Crippen LogP contribution in [0.5, 0.6) is 0 Å². The first-order chi connectivity index (χ1) is 17.9. The van der Waals surface area contributed by atoms with Crippen LogP contribution in [0.3, 0.4) is 0 Å². The predicted molar refractivity (Wildman–Crippen MR) is 139 cm³/mol. The molecule has 1 unspecified atom stereocenters. The topological polar surface area (TPSA) is 142 Å². The summed E-state index contributed by atoms with van der Waals surface area (Å²) in [6.07, 6.45) is 2.99. The molecule has 1 atom stereocenters. The summed E-state index contributed by atoms with van der Waals surface area (Å²) >= 11 is 0. The highest BCUT2D eigenvalue weighted by Crippen LogP contribution is 2.30. The molecule has 0 fully saturated rings. The van der Waals surface area contributed by atoms with Crippen molar-refractivity contribution in [3.05, 3.63) is 86.1 Å². The second-order valence-corrected chi connectivity index (χ2v) is 9.97. The number of nitrogens with two attached hydrogens (primary N) is 1. The molecule has 4 aromatic rings. The van der Waals surface area contributed by atoms with Crippen LogP contribution in [0.1, 0.15) is 43.6 Å². The molecular weight excluding hydrogens is 493 g/mol. The minimum absolute atomic E-state index is 0.0000253. The fourth-order valence-electron chi connectivity index (χ4n) is 4.38. The maximum atomic E-state index is 15.2. The summed E-state index contributed by atoms with van der Waals surface area (Å²) in [6.45, 7) is 5.26. The molecule has 0 aliphatic heterocycles. The summed E-state index contributed by atoms with van der Waals surface area (Å²) in [5.74, 6) is -1.54. The highest BCUT2D eigenvalue weighted by molar-refractivity contribution is 5.83. The van der Waals surface area contributed by atoms with Crippen LogP contribution in [0.2, 0.25) is 0 Å². The van der Waals surface area contributed by atoms with E-state index in [2.05, 4.69) is 10.1 Å². The fraction of sp³-hybridized carbons (Fsp3) is 0.296. The van der Waals surface area contributed by atoms with Crippen molar-refractivity contribution in [1.82, 2.24) is 19.3 Å². The molecule has 10 nitrogen and oxygen atoms in total. The number of ether oxygens (including phenoxy) is 1. The highest BCUT2D eigenvalue weighted by atomic mass is 19.1. The van der Waals surface area contributed by atoms with Gasteiger partial charge in [-0.25, -0.2) is 9.37 Å². The van der Waals surface area contributed by atoms with Crippen LogP contribution in [0.25, 0.3) is 27.7 Å². The number of amides is 1. The van der Waals surface area contributed by atoms with Gasteiger partial charge < -0.3 is 20.1 Å². The van der Waals surface area contributed by atoms with Gasteiger partial charge in [0.05, 0.1) is 23.8 Å². The monoisotopic (exact) mass is 521 g/mol. The van der Waals surface area contributed by atoms with Crippen LogP contribution in [0.4, 0.5) is 4.39 Å². The minimum atomic E-state index is -1.29. The molecular formula is C27H28FN5O5. The molecule has 11 heteroatoms. The SMILES string of the molecule is COC(C(N)=O)c1cc(-c2ccnc(-n3ncc4cc(C(C)(C)C)cc(F)c4c3=O)c2CO)cn(C)c1=O. The summed E-state index contributed by atoms with van der Waals surface area (Å²) in [6, 6.07) is 6.07. The van der Waals surface area contributed by atoms with Gasteiger partial charge in [-0.2, -0.15) is 9.78 Å². The Hall–Kier alpha value is -4.22. The Kier molecular flexibility index (Phi) is 7.00. The zero-order chi connectivity index (χ0) is 27.9. The van der Waals surface area contributed by atoms with E-state index in [4.69, 9.17) is 10.5 Å². The van der Waals surface area contributed by atoms with Crippen molar-refractivity contribution in [2.24, 2.45) is 12.8 Å². The molecule has 0 aliphatic carbocycles. The number of hydrogen-bond acceptors (Lipinski definition) is 7. The van der Waals surface area contributed by atoms with Crippen LogP contribution in [0.15, 0.2) is 52.4 Å². The maximum Gasteiger partial charge on any atom is 0.283 e. The standard InChI is InChI=1S/C27H28FN5O5/c1-27(2,3)16-8-14-11-31-33(26(37)21(14)20(28)10-16)24-19(13-34)17(6-7-30-24)15-9-18(22(38-5)23(29)35)25(36)32(4)12-15/h6-12,22,34H,13H2,1-5H3,(H2,29,35). The van der Waals surface area contributed by atoms with Crippen molar-refractivity contribution in [3.63, 3.8) is 0 Å². The van der Waals surface area contributed by atoms with E-state index in [-0.39, 0.29) is 27.7 Å². The van der Waals surface area contributed by atoms with Crippen molar-refractivity contribution in [1.29, 1.82) is 0 Å². The lowest BCUT2D eigenvalue weighted by atomic mass is 9.86. The van der Waals surface area contributed by atoms with Crippen molar-refractivity contribution in [2.75, 3.05) is 7.11 Å². The van der Waals surface area contributed by atoms with Crippen molar-refractivity contribution in [3.8, 4) is 16.9 Å². The molecule has 0 saturated heterocycles. The molecule has 38 heavy (non-hydrogen) atoms. The quantitative estimate of drug-likeness (QED) is 0.396. The average molecular weight is 522 g/mol. The first-order valence-electron chi connectivity index (χ1n) is 11.7. The largest absolute Gasteiger partial charge is 0.392 e. The first kappa shape index (κ1) is 26.8. The van der Waals surface area contributed by atoms with Crippen molar-refractivity contribution >= 4 is 16.7 Å². The van der Waals surface area contributed by atoms with Crippen LogP contribution in [-0.2, 0) is 28.6 Å². The third-order valence-electron chi connectivity index (χ3n) is 6.40. The number of primary amides is 1. The number of fused-ring (bicyclic) bond motifs is 1. The van der Waals surface area contributed by atoms with E-state index in [1.165, 1.54) is 49.4 Å². The number of aliphatic hydroxyl groups excluding tert-OH is 1. The van der Waals surface area contributed by atoms with Crippen molar-refractivity contribution in [2.45, 2.75) is 38.9 Å². The number of halogens is 1. The Labute approximate surface area is 217 Å². The second-order valence-electron chi connectivity index (χ2n) is 9.97. The zero-order valence-electron chi connectivity index (χ0n) is 21.7. The van der Waals surface area contributed by atoms with Gasteiger partial charge in [0, 0.05) is 37.5 Å². The number of methoxy groups -OCH3 is 1. The number of benzene rings is 1. The van der Waals surface area contributed by atoms with Crippen LogP contribution < -0.4 is 16.9 Å². The van der Waals surface area contributed by atoms with E-state index >= 15 is 4.39 Å². The molecule has 1 amide bonds. The molecule has 3 N–H and O–H groups in total. The van der Waals surface area contributed by atoms with Gasteiger partial charge in [0.25, 0.3) is 17.0 Å². The number of rotatable bonds is 6. The van der Waals surface area contributed by atoms with Gasteiger partial charge in [-0.3, -0.25) is 14.4 Å². The van der Waals surface area contributed by atoms with E-state index in [1.807, 2.05) is 20.8 Å². The average Bonchev–Trinajstić information content (AvgIpc) is 2.85. The van der Waals surface area contributed by atoms with E-state index < -0.39 is 35.6 Å². The van der Waals surface area contributed by atoms with Crippen LogP contribution in [0, 0.1) is 5.82 Å². The van der Waals surface area contributed by atoms with Gasteiger partial charge in [0.2, 0.25) is 0 Å². The van der Waals surface area contributed by atoms with Crippen LogP contribution >= 0.6 is 0 Å². The van der Waals surface area contributed by atoms with Gasteiger partial charge in [-0.05, 0) is 46.4 Å². The zero-order valence-corrected chi connectivity index (χ0v) is 21.7. The smallest absolute Gasteiger partial charge is 0.283 e. The summed E-state index contributed by atoms with van der Waals surface area (Å²) < 4.78 is 22.5. The minimum Gasteiger partial charge on any atom is -0.392 e. The second kappa shape index (κ2) is 9.92. The lowest BCUT2D eigenvalue weighted by molar-refractivity contribution is -0.128. The van der Waals surface area contributed by atoms with Crippen LogP contribution in [-0.4, -0.2) is 37.5 Å². The summed E-state index contributed by atoms with van der Waals surface area (Å²) in [5, 5.41) is 14.7. The highest BCUT2D eigenvalue weighted by Gasteiger charge is 2.24. The molecule has 4 rings (SSSR count). The molecule has 0 spiro atoms. The predicted octanol–water partition coefficient (Wildman–Crippen LogP) is 2.25. The number of aliphatic hydroxyl groups is 1. The number of pyridine rings is 2. The normalized spacial score (nSPS) is 12.6. The van der Waals surface area contributed by atoms with Gasteiger partial charge in [-0.1, -0.05) is 20.8 Å². The lowest BCUT2D eigenvalue weighted by Crippen LogP contribution is -2.31. The Balaban J connectivity index is 1.95. The van der Waals surface area contributed by atoms with Gasteiger partial charge >= 0.3 is 0 Å². The molecule has 3 aromatic heterocycles. The maximum absolute atomic E-state index is 15.2. The van der Waals surface area contributed by atoms with Gasteiger partial charge in [-0.15, -0.1) is 0 Å². The van der Waals surface area contributed by atoms with E-state index in [0.717, 1.165) is 4.68 Å². The third-order valence-corrected chi connectivity index (χ3v) is 6.40. The van der Waals surface area contributed by atoms with E-state index in [9.17, 15) is 19.5 Å². The molecule has 198 valence electrons. The molecule has 0 saturated carbocycles. The Bertz CT molecular complexity index is 1690.